The van der Waals surface area contributed by atoms with E-state index < -0.39 is 0 Å². The highest BCUT2D eigenvalue weighted by atomic mass is 16.5. The van der Waals surface area contributed by atoms with Crippen LogP contribution in [0, 0.1) is 12.8 Å². The molecule has 8 nitrogen and oxygen atoms in total. The Morgan fingerprint density at radius 3 is 2.80 bits per heavy atom. The van der Waals surface area contributed by atoms with Crippen molar-refractivity contribution in [1.82, 2.24) is 20.4 Å². The molecule has 2 aliphatic heterocycles. The van der Waals surface area contributed by atoms with Crippen LogP contribution in [-0.4, -0.2) is 72.9 Å². The SMILES string of the molecule is CCC[C@@H]1CN(c2noc(C)n2)C[C@H]1NC(=O)CCN1CCOCC1. The zero-order valence-corrected chi connectivity index (χ0v) is 15.2. The van der Waals surface area contributed by atoms with Crippen molar-refractivity contribution in [3.8, 4) is 0 Å². The summed E-state index contributed by atoms with van der Waals surface area (Å²) < 4.78 is 10.4. The lowest BCUT2D eigenvalue weighted by molar-refractivity contribution is -0.122. The number of nitrogens with zero attached hydrogens (tertiary/aromatic N) is 4. The highest BCUT2D eigenvalue weighted by molar-refractivity contribution is 5.76. The molecule has 0 radical (unpaired) electrons. The molecule has 0 aromatic carbocycles. The zero-order valence-electron chi connectivity index (χ0n) is 15.2. The molecule has 2 aliphatic rings. The van der Waals surface area contributed by atoms with E-state index in [0.717, 1.165) is 58.8 Å². The van der Waals surface area contributed by atoms with Gasteiger partial charge in [-0.1, -0.05) is 13.3 Å². The van der Waals surface area contributed by atoms with Gasteiger partial charge in [-0.2, -0.15) is 4.98 Å². The number of hydrogen-bond acceptors (Lipinski definition) is 7. The van der Waals surface area contributed by atoms with Gasteiger partial charge in [0, 0.05) is 46.1 Å². The summed E-state index contributed by atoms with van der Waals surface area (Å²) in [6, 6.07) is 0.149. The first-order valence-electron chi connectivity index (χ1n) is 9.30. The summed E-state index contributed by atoms with van der Waals surface area (Å²) in [7, 11) is 0. The van der Waals surface area contributed by atoms with Gasteiger partial charge in [0.15, 0.2) is 0 Å². The summed E-state index contributed by atoms with van der Waals surface area (Å²) in [5.41, 5.74) is 0. The van der Waals surface area contributed by atoms with Crippen LogP contribution in [0.4, 0.5) is 5.95 Å². The van der Waals surface area contributed by atoms with Crippen molar-refractivity contribution in [1.29, 1.82) is 0 Å². The second kappa shape index (κ2) is 8.62. The van der Waals surface area contributed by atoms with E-state index >= 15 is 0 Å². The summed E-state index contributed by atoms with van der Waals surface area (Å²) in [5, 5.41) is 7.25. The molecule has 1 amide bonds. The van der Waals surface area contributed by atoms with Gasteiger partial charge < -0.3 is 19.5 Å². The van der Waals surface area contributed by atoms with Crippen molar-refractivity contribution in [2.45, 2.75) is 39.2 Å². The maximum atomic E-state index is 12.4. The van der Waals surface area contributed by atoms with Gasteiger partial charge in [0.1, 0.15) is 0 Å². The normalized spacial score (nSPS) is 24.6. The van der Waals surface area contributed by atoms with Crippen LogP contribution in [0.25, 0.3) is 0 Å². The molecule has 1 N–H and O–H groups in total. The molecule has 0 bridgehead atoms. The lowest BCUT2D eigenvalue weighted by Crippen LogP contribution is -2.43. The first kappa shape index (κ1) is 18.1. The second-order valence-corrected chi connectivity index (χ2v) is 6.95. The van der Waals surface area contributed by atoms with Crippen molar-refractivity contribution in [3.05, 3.63) is 5.89 Å². The van der Waals surface area contributed by atoms with Crippen LogP contribution in [0.2, 0.25) is 0 Å². The maximum Gasteiger partial charge on any atom is 0.266 e. The van der Waals surface area contributed by atoms with Crippen LogP contribution in [0.5, 0.6) is 0 Å². The predicted octanol–water partition coefficient (Wildman–Crippen LogP) is 0.821. The third-order valence-corrected chi connectivity index (χ3v) is 5.01. The van der Waals surface area contributed by atoms with Crippen LogP contribution in [-0.2, 0) is 9.53 Å². The Morgan fingerprint density at radius 1 is 1.32 bits per heavy atom. The molecular formula is C17H29N5O3. The van der Waals surface area contributed by atoms with Crippen LogP contribution < -0.4 is 10.2 Å². The van der Waals surface area contributed by atoms with Crippen LogP contribution >= 0.6 is 0 Å². The van der Waals surface area contributed by atoms with Crippen molar-refractivity contribution in [2.75, 3.05) is 50.8 Å². The molecule has 0 unspecified atom stereocenters. The van der Waals surface area contributed by atoms with E-state index in [1.54, 1.807) is 6.92 Å². The third-order valence-electron chi connectivity index (χ3n) is 5.01. The highest BCUT2D eigenvalue weighted by Crippen LogP contribution is 2.25. The molecule has 0 aliphatic carbocycles. The molecule has 3 heterocycles. The number of rotatable bonds is 7. The Bertz CT molecular complexity index is 558. The number of anilines is 1. The van der Waals surface area contributed by atoms with E-state index in [4.69, 9.17) is 9.26 Å². The molecule has 1 aromatic heterocycles. The molecule has 140 valence electrons. The Balaban J connectivity index is 1.50. The minimum absolute atomic E-state index is 0.128. The second-order valence-electron chi connectivity index (χ2n) is 6.95. The van der Waals surface area contributed by atoms with E-state index in [-0.39, 0.29) is 11.9 Å². The van der Waals surface area contributed by atoms with Gasteiger partial charge in [-0.25, -0.2) is 0 Å². The number of carbonyl (C=O) groups is 1. The Kier molecular flexibility index (Phi) is 6.25. The minimum atomic E-state index is 0.128. The zero-order chi connectivity index (χ0) is 17.6. The number of aryl methyl sites for hydroxylation is 1. The van der Waals surface area contributed by atoms with Crippen LogP contribution in [0.15, 0.2) is 4.52 Å². The molecule has 2 saturated heterocycles. The minimum Gasteiger partial charge on any atom is -0.379 e. The average molecular weight is 351 g/mol. The van der Waals surface area contributed by atoms with E-state index in [9.17, 15) is 4.79 Å². The van der Waals surface area contributed by atoms with E-state index in [2.05, 4.69) is 32.2 Å². The molecule has 1 aromatic rings. The number of hydrogen-bond donors (Lipinski definition) is 1. The Hall–Kier alpha value is -1.67. The van der Waals surface area contributed by atoms with E-state index in [0.29, 0.717) is 24.2 Å². The summed E-state index contributed by atoms with van der Waals surface area (Å²) in [5.74, 6) is 1.75. The predicted molar refractivity (Wildman–Crippen MR) is 93.5 cm³/mol. The fraction of sp³-hybridized carbons (Fsp3) is 0.824. The number of nitrogens with one attached hydrogen (secondary N) is 1. The third kappa shape index (κ3) is 4.92. The molecule has 0 saturated carbocycles. The van der Waals surface area contributed by atoms with Crippen molar-refractivity contribution >= 4 is 11.9 Å². The smallest absolute Gasteiger partial charge is 0.266 e. The van der Waals surface area contributed by atoms with Gasteiger partial charge in [0.2, 0.25) is 11.8 Å². The lowest BCUT2D eigenvalue weighted by atomic mass is 9.98. The summed E-state index contributed by atoms with van der Waals surface area (Å²) in [6.45, 7) is 9.74. The van der Waals surface area contributed by atoms with Crippen molar-refractivity contribution in [3.63, 3.8) is 0 Å². The highest BCUT2D eigenvalue weighted by Gasteiger charge is 2.35. The van der Waals surface area contributed by atoms with Crippen LogP contribution in [0.3, 0.4) is 0 Å². The van der Waals surface area contributed by atoms with Crippen molar-refractivity contribution < 1.29 is 14.1 Å². The molecule has 0 spiro atoms. The number of ether oxygens (including phenoxy) is 1. The summed E-state index contributed by atoms with van der Waals surface area (Å²) in [6.07, 6.45) is 2.72. The topological polar surface area (TPSA) is 83.7 Å². The number of aromatic nitrogens is 2. The fourth-order valence-electron chi connectivity index (χ4n) is 3.64. The molecule has 25 heavy (non-hydrogen) atoms. The average Bonchev–Trinajstić information content (AvgIpc) is 3.21. The van der Waals surface area contributed by atoms with E-state index in [1.165, 1.54) is 0 Å². The molecule has 3 rings (SSSR count). The van der Waals surface area contributed by atoms with Gasteiger partial charge in [-0.15, -0.1) is 0 Å². The van der Waals surface area contributed by atoms with Gasteiger partial charge in [-0.3, -0.25) is 9.69 Å². The standard InChI is InChI=1S/C17H29N5O3/c1-3-4-14-11-22(17-18-13(2)25-20-17)12-15(14)19-16(23)5-6-21-7-9-24-10-8-21/h14-15H,3-12H2,1-2H3,(H,19,23)/t14-,15-/m1/s1. The lowest BCUT2D eigenvalue weighted by Gasteiger charge is -2.26. The molecular weight excluding hydrogens is 322 g/mol. The summed E-state index contributed by atoms with van der Waals surface area (Å²) >= 11 is 0. The maximum absolute atomic E-state index is 12.4. The number of amides is 1. The van der Waals surface area contributed by atoms with Gasteiger partial charge in [0.25, 0.3) is 5.95 Å². The molecule has 2 fully saturated rings. The van der Waals surface area contributed by atoms with Gasteiger partial charge in [0.05, 0.1) is 19.3 Å². The van der Waals surface area contributed by atoms with Crippen molar-refractivity contribution in [2.24, 2.45) is 5.92 Å². The first-order valence-corrected chi connectivity index (χ1v) is 9.30. The largest absolute Gasteiger partial charge is 0.379 e. The van der Waals surface area contributed by atoms with Gasteiger partial charge >= 0.3 is 0 Å². The number of morpholine rings is 1. The monoisotopic (exact) mass is 351 g/mol. The molecule has 8 heteroatoms. The van der Waals surface area contributed by atoms with E-state index in [1.807, 2.05) is 0 Å². The fourth-order valence-corrected chi connectivity index (χ4v) is 3.64. The molecule has 2 atom stereocenters. The first-order chi connectivity index (χ1) is 12.2. The number of carbonyl (C=O) groups excluding carboxylic acids is 1. The van der Waals surface area contributed by atoms with Crippen LogP contribution in [0.1, 0.15) is 32.1 Å². The van der Waals surface area contributed by atoms with Gasteiger partial charge in [-0.05, 0) is 17.5 Å². The Labute approximate surface area is 148 Å². The Morgan fingerprint density at radius 2 is 2.12 bits per heavy atom. The quantitative estimate of drug-likeness (QED) is 0.778. The summed E-state index contributed by atoms with van der Waals surface area (Å²) in [4.78, 5) is 21.1.